The number of nitrogens with zero attached hydrogens (tertiary/aromatic N) is 1. The van der Waals surface area contributed by atoms with Gasteiger partial charge in [0.25, 0.3) is 0 Å². The predicted octanol–water partition coefficient (Wildman–Crippen LogP) is 1.22. The van der Waals surface area contributed by atoms with Crippen molar-refractivity contribution in [3.63, 3.8) is 0 Å². The average Bonchev–Trinajstić information content (AvgIpc) is 2.95. The lowest BCUT2D eigenvalue weighted by Gasteiger charge is -2.33. The molecule has 1 aliphatic carbocycles. The van der Waals surface area contributed by atoms with Gasteiger partial charge in [-0.25, -0.2) is 0 Å². The molecular formula is C13H26N2O. The van der Waals surface area contributed by atoms with Gasteiger partial charge in [-0.1, -0.05) is 13.3 Å². The van der Waals surface area contributed by atoms with Gasteiger partial charge < -0.3 is 15.3 Å². The monoisotopic (exact) mass is 226 g/mol. The van der Waals surface area contributed by atoms with Gasteiger partial charge in [0.15, 0.2) is 0 Å². The van der Waals surface area contributed by atoms with E-state index in [4.69, 9.17) is 0 Å². The number of nitrogens with one attached hydrogen (secondary N) is 1. The van der Waals surface area contributed by atoms with Crippen LogP contribution in [0.4, 0.5) is 0 Å². The normalized spacial score (nSPS) is 30.6. The molecule has 0 aromatic heterocycles. The minimum Gasteiger partial charge on any atom is -0.394 e. The third-order valence-corrected chi connectivity index (χ3v) is 4.00. The van der Waals surface area contributed by atoms with Crippen molar-refractivity contribution in [2.45, 2.75) is 51.1 Å². The van der Waals surface area contributed by atoms with Crippen molar-refractivity contribution in [2.75, 3.05) is 26.2 Å². The number of aliphatic hydroxyl groups excluding tert-OH is 1. The molecule has 0 bridgehead atoms. The smallest absolute Gasteiger partial charge is 0.0623 e. The zero-order valence-electron chi connectivity index (χ0n) is 10.7. The van der Waals surface area contributed by atoms with Crippen LogP contribution in [0.3, 0.4) is 0 Å². The van der Waals surface area contributed by atoms with Crippen LogP contribution in [0.2, 0.25) is 0 Å². The fraction of sp³-hybridized carbons (Fsp3) is 1.00. The second-order valence-corrected chi connectivity index (χ2v) is 5.94. The summed E-state index contributed by atoms with van der Waals surface area (Å²) in [5.41, 5.74) is -0.0935. The zero-order chi connectivity index (χ0) is 11.6. The molecule has 0 aromatic carbocycles. The van der Waals surface area contributed by atoms with Gasteiger partial charge in [-0.2, -0.15) is 0 Å². The molecule has 94 valence electrons. The molecule has 0 aromatic rings. The van der Waals surface area contributed by atoms with Gasteiger partial charge in [0.1, 0.15) is 0 Å². The second-order valence-electron chi connectivity index (χ2n) is 5.94. The number of hydrogen-bond donors (Lipinski definition) is 2. The van der Waals surface area contributed by atoms with E-state index < -0.39 is 0 Å². The Balaban J connectivity index is 1.81. The molecular weight excluding hydrogens is 200 g/mol. The van der Waals surface area contributed by atoms with Gasteiger partial charge in [-0.15, -0.1) is 0 Å². The molecule has 2 aliphatic rings. The molecule has 0 radical (unpaired) electrons. The lowest BCUT2D eigenvalue weighted by Crippen LogP contribution is -2.54. The first-order valence-corrected chi connectivity index (χ1v) is 6.76. The highest BCUT2D eigenvalue weighted by Gasteiger charge is 2.34. The Labute approximate surface area is 99.2 Å². The standard InChI is InChI=1S/C13H26N2O/c1-3-11-6-7-15(8-11)9-13(2,10-16)14-12-4-5-12/h11-12,14,16H,3-10H2,1-2H3. The fourth-order valence-electron chi connectivity index (χ4n) is 2.74. The highest BCUT2D eigenvalue weighted by Crippen LogP contribution is 2.25. The summed E-state index contributed by atoms with van der Waals surface area (Å²) in [6.07, 6.45) is 5.20. The summed E-state index contributed by atoms with van der Waals surface area (Å²) in [6, 6.07) is 0.668. The minimum absolute atomic E-state index is 0.0935. The molecule has 3 heteroatoms. The number of rotatable bonds is 6. The van der Waals surface area contributed by atoms with E-state index in [0.717, 1.165) is 12.5 Å². The average molecular weight is 226 g/mol. The maximum Gasteiger partial charge on any atom is 0.0623 e. The van der Waals surface area contributed by atoms with Crippen LogP contribution in [0.15, 0.2) is 0 Å². The Hall–Kier alpha value is -0.120. The highest BCUT2D eigenvalue weighted by molar-refractivity contribution is 4.95. The second kappa shape index (κ2) is 5.03. The van der Waals surface area contributed by atoms with E-state index in [1.165, 1.54) is 38.8 Å². The van der Waals surface area contributed by atoms with Gasteiger partial charge in [0.05, 0.1) is 12.1 Å². The molecule has 16 heavy (non-hydrogen) atoms. The van der Waals surface area contributed by atoms with Crippen molar-refractivity contribution in [1.29, 1.82) is 0 Å². The topological polar surface area (TPSA) is 35.5 Å². The molecule has 2 N–H and O–H groups in total. The molecule has 0 amide bonds. The van der Waals surface area contributed by atoms with E-state index in [9.17, 15) is 5.11 Å². The maximum atomic E-state index is 9.56. The Morgan fingerprint density at radius 3 is 2.62 bits per heavy atom. The van der Waals surface area contributed by atoms with Crippen LogP contribution in [0.5, 0.6) is 0 Å². The van der Waals surface area contributed by atoms with Gasteiger partial charge >= 0.3 is 0 Å². The summed E-state index contributed by atoms with van der Waals surface area (Å²) >= 11 is 0. The first kappa shape index (κ1) is 12.3. The van der Waals surface area contributed by atoms with E-state index in [0.29, 0.717) is 6.04 Å². The van der Waals surface area contributed by atoms with Crippen LogP contribution in [0, 0.1) is 5.92 Å². The van der Waals surface area contributed by atoms with E-state index in [1.54, 1.807) is 0 Å². The van der Waals surface area contributed by atoms with Crippen LogP contribution in [-0.2, 0) is 0 Å². The molecule has 1 saturated carbocycles. The van der Waals surface area contributed by atoms with Crippen molar-refractivity contribution < 1.29 is 5.11 Å². The molecule has 1 aliphatic heterocycles. The molecule has 1 saturated heterocycles. The minimum atomic E-state index is -0.0935. The van der Waals surface area contributed by atoms with Crippen molar-refractivity contribution in [3.8, 4) is 0 Å². The van der Waals surface area contributed by atoms with E-state index in [1.807, 2.05) is 0 Å². The van der Waals surface area contributed by atoms with Crippen LogP contribution in [0.1, 0.15) is 39.5 Å². The van der Waals surface area contributed by atoms with Crippen molar-refractivity contribution in [1.82, 2.24) is 10.2 Å². The molecule has 3 nitrogen and oxygen atoms in total. The largest absolute Gasteiger partial charge is 0.394 e. The van der Waals surface area contributed by atoms with Gasteiger partial charge in [-0.05, 0) is 38.6 Å². The third kappa shape index (κ3) is 3.19. The molecule has 2 rings (SSSR count). The Kier molecular flexibility index (Phi) is 3.88. The van der Waals surface area contributed by atoms with E-state index in [-0.39, 0.29) is 12.1 Å². The molecule has 0 spiro atoms. The predicted molar refractivity (Wildman–Crippen MR) is 66.5 cm³/mol. The van der Waals surface area contributed by atoms with Gasteiger partial charge in [-0.3, -0.25) is 0 Å². The summed E-state index contributed by atoms with van der Waals surface area (Å²) in [6.45, 7) is 8.11. The highest BCUT2D eigenvalue weighted by atomic mass is 16.3. The number of hydrogen-bond acceptors (Lipinski definition) is 3. The van der Waals surface area contributed by atoms with Crippen molar-refractivity contribution in [2.24, 2.45) is 5.92 Å². The maximum absolute atomic E-state index is 9.56. The van der Waals surface area contributed by atoms with E-state index in [2.05, 4.69) is 24.1 Å². The van der Waals surface area contributed by atoms with Crippen molar-refractivity contribution in [3.05, 3.63) is 0 Å². The Bertz CT molecular complexity index is 230. The quantitative estimate of drug-likeness (QED) is 0.715. The Morgan fingerprint density at radius 2 is 2.12 bits per heavy atom. The van der Waals surface area contributed by atoms with Crippen LogP contribution < -0.4 is 5.32 Å². The SMILES string of the molecule is CCC1CCN(CC(C)(CO)NC2CC2)C1. The number of aliphatic hydroxyl groups is 1. The lowest BCUT2D eigenvalue weighted by atomic mass is 10.0. The van der Waals surface area contributed by atoms with Gasteiger partial charge in [0, 0.05) is 19.1 Å². The Morgan fingerprint density at radius 1 is 1.38 bits per heavy atom. The van der Waals surface area contributed by atoms with Crippen molar-refractivity contribution >= 4 is 0 Å². The van der Waals surface area contributed by atoms with Gasteiger partial charge in [0.2, 0.25) is 0 Å². The molecule has 1 heterocycles. The lowest BCUT2D eigenvalue weighted by molar-refractivity contribution is 0.128. The van der Waals surface area contributed by atoms with Crippen LogP contribution in [-0.4, -0.2) is 47.8 Å². The first-order chi connectivity index (χ1) is 7.65. The molecule has 2 unspecified atom stereocenters. The summed E-state index contributed by atoms with van der Waals surface area (Å²) in [5.74, 6) is 0.879. The summed E-state index contributed by atoms with van der Waals surface area (Å²) in [7, 11) is 0. The van der Waals surface area contributed by atoms with Crippen LogP contribution in [0.25, 0.3) is 0 Å². The number of likely N-dealkylation sites (tertiary alicyclic amines) is 1. The summed E-state index contributed by atoms with van der Waals surface area (Å²) < 4.78 is 0. The summed E-state index contributed by atoms with van der Waals surface area (Å²) in [5, 5.41) is 13.1. The zero-order valence-corrected chi connectivity index (χ0v) is 10.7. The first-order valence-electron chi connectivity index (χ1n) is 6.76. The fourth-order valence-corrected chi connectivity index (χ4v) is 2.74. The third-order valence-electron chi connectivity index (χ3n) is 4.00. The van der Waals surface area contributed by atoms with Crippen LogP contribution >= 0.6 is 0 Å². The van der Waals surface area contributed by atoms with E-state index >= 15 is 0 Å². The molecule has 2 fully saturated rings. The molecule has 2 atom stereocenters. The summed E-state index contributed by atoms with van der Waals surface area (Å²) in [4.78, 5) is 2.51.